The highest BCUT2D eigenvalue weighted by Crippen LogP contribution is 2.21. The van der Waals surface area contributed by atoms with E-state index >= 15 is 0 Å². The van der Waals surface area contributed by atoms with Gasteiger partial charge in [-0.2, -0.15) is 0 Å². The van der Waals surface area contributed by atoms with Gasteiger partial charge >= 0.3 is 0 Å². The van der Waals surface area contributed by atoms with Crippen molar-refractivity contribution in [2.24, 2.45) is 0 Å². The molecule has 0 aliphatic carbocycles. The highest BCUT2D eigenvalue weighted by Gasteiger charge is 2.22. The van der Waals surface area contributed by atoms with Gasteiger partial charge in [0.2, 0.25) is 5.91 Å². The maximum absolute atomic E-state index is 12.9. The zero-order chi connectivity index (χ0) is 26.9. The maximum Gasteiger partial charge on any atom is 0.251 e. The lowest BCUT2D eigenvalue weighted by Crippen LogP contribution is -2.48. The number of nitrogens with one attached hydrogen (secondary N) is 2. The van der Waals surface area contributed by atoms with Gasteiger partial charge in [-0.15, -0.1) is 0 Å². The number of rotatable bonds is 10. The summed E-state index contributed by atoms with van der Waals surface area (Å²) >= 11 is 0. The fourth-order valence-electron chi connectivity index (χ4n) is 3.92. The lowest BCUT2D eigenvalue weighted by molar-refractivity contribution is -0.123. The van der Waals surface area contributed by atoms with E-state index in [4.69, 9.17) is 0 Å². The molecule has 4 aromatic rings. The average Bonchev–Trinajstić information content (AvgIpc) is 2.94. The SMILES string of the molecule is CC(=O)CCNC(=O)[C@H](Cc1ccc(-c2ncc(-c3ccc(C)cc3)cn2)cc1)NC(=O)c1ccccc1. The molecule has 2 amide bonds. The van der Waals surface area contributed by atoms with Crippen LogP contribution in [0.5, 0.6) is 0 Å². The van der Waals surface area contributed by atoms with E-state index in [1.807, 2.05) is 49.4 Å². The standard InChI is InChI=1S/C31H30N4O3/c1-21-8-12-24(13-9-21)27-19-33-29(34-20-27)25-14-10-23(11-15-25)18-28(31(38)32-17-16-22(2)36)35-30(37)26-6-4-3-5-7-26/h3-15,19-20,28H,16-18H2,1-2H3,(H,32,38)(H,35,37)/t28-/m0/s1. The number of Topliss-reactive ketones (excluding diaryl/α,β-unsaturated/α-hetero) is 1. The molecule has 2 N–H and O–H groups in total. The lowest BCUT2D eigenvalue weighted by atomic mass is 10.0. The monoisotopic (exact) mass is 506 g/mol. The number of nitrogens with zero attached hydrogens (tertiary/aromatic N) is 2. The van der Waals surface area contributed by atoms with Gasteiger partial charge in [0, 0.05) is 48.5 Å². The Kier molecular flexibility index (Phi) is 8.72. The number of carbonyl (C=O) groups excluding carboxylic acids is 3. The van der Waals surface area contributed by atoms with Crippen LogP contribution >= 0.6 is 0 Å². The molecule has 38 heavy (non-hydrogen) atoms. The van der Waals surface area contributed by atoms with E-state index in [2.05, 4.69) is 32.7 Å². The Morgan fingerprint density at radius 1 is 0.789 bits per heavy atom. The molecule has 0 saturated carbocycles. The van der Waals surface area contributed by atoms with Gasteiger partial charge in [-0.1, -0.05) is 72.3 Å². The molecule has 1 atom stereocenters. The second-order valence-corrected chi connectivity index (χ2v) is 9.20. The van der Waals surface area contributed by atoms with Crippen molar-refractivity contribution in [3.05, 3.63) is 108 Å². The number of amides is 2. The molecule has 0 saturated heterocycles. The highest BCUT2D eigenvalue weighted by atomic mass is 16.2. The van der Waals surface area contributed by atoms with Gasteiger partial charge in [0.1, 0.15) is 11.8 Å². The van der Waals surface area contributed by atoms with E-state index in [0.717, 1.165) is 22.3 Å². The Morgan fingerprint density at radius 3 is 2.05 bits per heavy atom. The van der Waals surface area contributed by atoms with Crippen LogP contribution in [0.25, 0.3) is 22.5 Å². The van der Waals surface area contributed by atoms with Crippen molar-refractivity contribution in [3.8, 4) is 22.5 Å². The molecular formula is C31H30N4O3. The van der Waals surface area contributed by atoms with Crippen molar-refractivity contribution in [1.82, 2.24) is 20.6 Å². The summed E-state index contributed by atoms with van der Waals surface area (Å²) in [7, 11) is 0. The molecule has 1 heterocycles. The third kappa shape index (κ3) is 7.20. The van der Waals surface area contributed by atoms with Gasteiger partial charge in [0.15, 0.2) is 5.82 Å². The highest BCUT2D eigenvalue weighted by molar-refractivity contribution is 5.97. The second kappa shape index (κ2) is 12.5. The number of carbonyl (C=O) groups is 3. The molecule has 0 aliphatic rings. The summed E-state index contributed by atoms with van der Waals surface area (Å²) in [5.41, 5.74) is 5.38. The first-order valence-corrected chi connectivity index (χ1v) is 12.5. The predicted octanol–water partition coefficient (Wildman–Crippen LogP) is 4.56. The third-order valence-electron chi connectivity index (χ3n) is 6.12. The minimum Gasteiger partial charge on any atom is -0.354 e. The third-order valence-corrected chi connectivity index (χ3v) is 6.12. The maximum atomic E-state index is 12.9. The minimum atomic E-state index is -0.800. The molecule has 0 unspecified atom stereocenters. The molecule has 1 aromatic heterocycles. The van der Waals surface area contributed by atoms with Crippen LogP contribution in [0.4, 0.5) is 0 Å². The van der Waals surface area contributed by atoms with E-state index in [1.54, 1.807) is 36.7 Å². The fraction of sp³-hybridized carbons (Fsp3) is 0.194. The Hall–Kier alpha value is -4.65. The Morgan fingerprint density at radius 2 is 1.42 bits per heavy atom. The average molecular weight is 507 g/mol. The number of ketones is 1. The number of aryl methyl sites for hydroxylation is 1. The first-order chi connectivity index (χ1) is 18.4. The van der Waals surface area contributed by atoms with Crippen LogP contribution in [-0.4, -0.2) is 40.2 Å². The summed E-state index contributed by atoms with van der Waals surface area (Å²) in [4.78, 5) is 46.0. The molecule has 4 rings (SSSR count). The van der Waals surface area contributed by atoms with Crippen molar-refractivity contribution in [1.29, 1.82) is 0 Å². The van der Waals surface area contributed by atoms with Crippen molar-refractivity contribution in [3.63, 3.8) is 0 Å². The Labute approximate surface area is 222 Å². The van der Waals surface area contributed by atoms with Gasteiger partial charge < -0.3 is 10.6 Å². The van der Waals surface area contributed by atoms with Crippen molar-refractivity contribution in [2.45, 2.75) is 32.7 Å². The quantitative estimate of drug-likeness (QED) is 0.329. The van der Waals surface area contributed by atoms with Crippen LogP contribution in [0.3, 0.4) is 0 Å². The van der Waals surface area contributed by atoms with E-state index in [0.29, 0.717) is 11.4 Å². The topological polar surface area (TPSA) is 101 Å². The molecule has 192 valence electrons. The second-order valence-electron chi connectivity index (χ2n) is 9.20. The fourth-order valence-corrected chi connectivity index (χ4v) is 3.92. The van der Waals surface area contributed by atoms with E-state index in [-0.39, 0.29) is 37.0 Å². The summed E-state index contributed by atoms with van der Waals surface area (Å²) < 4.78 is 0. The summed E-state index contributed by atoms with van der Waals surface area (Å²) in [5, 5.41) is 5.59. The number of benzene rings is 3. The molecule has 0 spiro atoms. The number of hydrogen-bond donors (Lipinski definition) is 2. The van der Waals surface area contributed by atoms with E-state index in [9.17, 15) is 14.4 Å². The van der Waals surface area contributed by atoms with Gasteiger partial charge in [0.25, 0.3) is 5.91 Å². The van der Waals surface area contributed by atoms with Gasteiger partial charge in [0.05, 0.1) is 0 Å². The first kappa shape index (κ1) is 26.4. The lowest BCUT2D eigenvalue weighted by Gasteiger charge is -2.19. The van der Waals surface area contributed by atoms with E-state index in [1.165, 1.54) is 12.5 Å². The molecule has 7 nitrogen and oxygen atoms in total. The molecule has 7 heteroatoms. The Balaban J connectivity index is 1.46. The molecule has 0 aliphatic heterocycles. The number of aromatic nitrogens is 2. The van der Waals surface area contributed by atoms with Crippen LogP contribution in [0.2, 0.25) is 0 Å². The normalized spacial score (nSPS) is 11.4. The Bertz CT molecular complexity index is 1380. The van der Waals surface area contributed by atoms with Crippen molar-refractivity contribution in [2.75, 3.05) is 6.54 Å². The first-order valence-electron chi connectivity index (χ1n) is 12.5. The zero-order valence-electron chi connectivity index (χ0n) is 21.5. The smallest absolute Gasteiger partial charge is 0.251 e. The minimum absolute atomic E-state index is 0.0140. The number of hydrogen-bond acceptors (Lipinski definition) is 5. The molecule has 3 aromatic carbocycles. The molecule has 0 radical (unpaired) electrons. The summed E-state index contributed by atoms with van der Waals surface area (Å²) in [6.07, 6.45) is 4.14. The zero-order valence-corrected chi connectivity index (χ0v) is 21.5. The molecule has 0 bridgehead atoms. The van der Waals surface area contributed by atoms with Gasteiger partial charge in [-0.05, 0) is 37.1 Å². The summed E-state index contributed by atoms with van der Waals surface area (Å²) in [6, 6.07) is 23.8. The van der Waals surface area contributed by atoms with Crippen LogP contribution in [-0.2, 0) is 16.0 Å². The van der Waals surface area contributed by atoms with Crippen LogP contribution in [0.1, 0.15) is 34.8 Å². The van der Waals surface area contributed by atoms with Crippen molar-refractivity contribution < 1.29 is 14.4 Å². The van der Waals surface area contributed by atoms with Crippen LogP contribution < -0.4 is 10.6 Å². The van der Waals surface area contributed by atoms with Gasteiger partial charge in [-0.25, -0.2) is 9.97 Å². The predicted molar refractivity (Wildman–Crippen MR) is 147 cm³/mol. The van der Waals surface area contributed by atoms with Crippen LogP contribution in [0.15, 0.2) is 91.3 Å². The van der Waals surface area contributed by atoms with Crippen molar-refractivity contribution >= 4 is 17.6 Å². The summed E-state index contributed by atoms with van der Waals surface area (Å²) in [6.45, 7) is 3.75. The molecular weight excluding hydrogens is 476 g/mol. The van der Waals surface area contributed by atoms with Gasteiger partial charge in [-0.3, -0.25) is 14.4 Å². The van der Waals surface area contributed by atoms with E-state index < -0.39 is 6.04 Å². The summed E-state index contributed by atoms with van der Waals surface area (Å²) in [5.74, 6) is -0.0890. The molecule has 0 fully saturated rings. The largest absolute Gasteiger partial charge is 0.354 e. The van der Waals surface area contributed by atoms with Crippen LogP contribution in [0, 0.1) is 6.92 Å².